The number of para-hydroxylation sites is 2. The van der Waals surface area contributed by atoms with Gasteiger partial charge < -0.3 is 9.64 Å². The van der Waals surface area contributed by atoms with Gasteiger partial charge in [0.15, 0.2) is 0 Å². The van der Waals surface area contributed by atoms with Crippen LogP contribution < -0.4 is 10.3 Å². The maximum atomic E-state index is 10.9. The first-order valence-corrected chi connectivity index (χ1v) is 8.01. The molecule has 1 saturated heterocycles. The molecular weight excluding hydrogens is 316 g/mol. The summed E-state index contributed by atoms with van der Waals surface area (Å²) >= 11 is 1.63. The number of morpholine rings is 1. The Balaban J connectivity index is 1.65. The van der Waals surface area contributed by atoms with Crippen LogP contribution in [-0.4, -0.2) is 37.4 Å². The van der Waals surface area contributed by atoms with E-state index >= 15 is 0 Å². The lowest BCUT2D eigenvalue weighted by Gasteiger charge is -2.27. The Labute approximate surface area is 137 Å². The van der Waals surface area contributed by atoms with Gasteiger partial charge in [-0.1, -0.05) is 12.1 Å². The van der Waals surface area contributed by atoms with Gasteiger partial charge in [-0.25, -0.2) is 0 Å². The zero-order valence-corrected chi connectivity index (χ0v) is 13.2. The number of thiophene rings is 1. The number of nitrogens with one attached hydrogen (secondary N) is 1. The molecule has 1 N–H and O–H groups in total. The van der Waals surface area contributed by atoms with Crippen molar-refractivity contribution < 1.29 is 9.66 Å². The van der Waals surface area contributed by atoms with Crippen LogP contribution in [0.3, 0.4) is 0 Å². The highest BCUT2D eigenvalue weighted by molar-refractivity contribution is 7.17. The quantitative estimate of drug-likeness (QED) is 0.517. The van der Waals surface area contributed by atoms with Crippen LogP contribution in [0.15, 0.2) is 41.5 Å². The number of nitro benzene ring substituents is 1. The lowest BCUT2D eigenvalue weighted by molar-refractivity contribution is -0.384. The molecule has 2 aromatic rings. The van der Waals surface area contributed by atoms with Gasteiger partial charge >= 0.3 is 0 Å². The van der Waals surface area contributed by atoms with Crippen LogP contribution in [-0.2, 0) is 4.74 Å². The smallest absolute Gasteiger partial charge is 0.294 e. The zero-order valence-electron chi connectivity index (χ0n) is 12.3. The molecule has 23 heavy (non-hydrogen) atoms. The lowest BCUT2D eigenvalue weighted by Crippen LogP contribution is -2.35. The average Bonchev–Trinajstić information content (AvgIpc) is 3.05. The van der Waals surface area contributed by atoms with Crippen LogP contribution >= 0.6 is 11.3 Å². The minimum Gasteiger partial charge on any atom is -0.378 e. The van der Waals surface area contributed by atoms with Crippen molar-refractivity contribution in [3.8, 4) is 0 Å². The van der Waals surface area contributed by atoms with Gasteiger partial charge in [-0.3, -0.25) is 15.5 Å². The predicted octanol–water partition coefficient (Wildman–Crippen LogP) is 2.94. The summed E-state index contributed by atoms with van der Waals surface area (Å²) in [7, 11) is 0. The van der Waals surface area contributed by atoms with E-state index in [2.05, 4.69) is 21.5 Å². The second-order valence-corrected chi connectivity index (χ2v) is 6.01. The molecule has 1 aromatic carbocycles. The topological polar surface area (TPSA) is 80.0 Å². The van der Waals surface area contributed by atoms with Gasteiger partial charge in [-0.15, -0.1) is 11.3 Å². The van der Waals surface area contributed by atoms with Crippen molar-refractivity contribution in [2.45, 2.75) is 0 Å². The summed E-state index contributed by atoms with van der Waals surface area (Å²) in [4.78, 5) is 13.8. The van der Waals surface area contributed by atoms with E-state index in [1.54, 1.807) is 35.8 Å². The molecule has 120 valence electrons. The first kappa shape index (κ1) is 15.4. The number of hydrogen-bond acceptors (Lipinski definition) is 7. The number of benzene rings is 1. The van der Waals surface area contributed by atoms with Crippen molar-refractivity contribution in [1.82, 2.24) is 0 Å². The average molecular weight is 332 g/mol. The van der Waals surface area contributed by atoms with Crippen LogP contribution in [0.25, 0.3) is 0 Å². The molecule has 0 amide bonds. The van der Waals surface area contributed by atoms with E-state index in [0.29, 0.717) is 5.69 Å². The van der Waals surface area contributed by atoms with E-state index in [-0.39, 0.29) is 5.69 Å². The van der Waals surface area contributed by atoms with Crippen molar-refractivity contribution in [2.24, 2.45) is 5.10 Å². The minimum atomic E-state index is -0.431. The van der Waals surface area contributed by atoms with Crippen LogP contribution in [0.5, 0.6) is 0 Å². The summed E-state index contributed by atoms with van der Waals surface area (Å²) in [5.41, 5.74) is 3.11. The number of rotatable bonds is 5. The van der Waals surface area contributed by atoms with E-state index in [0.717, 1.165) is 31.2 Å². The van der Waals surface area contributed by atoms with Crippen LogP contribution in [0.2, 0.25) is 0 Å². The normalized spacial score (nSPS) is 15.0. The van der Waals surface area contributed by atoms with Crippen molar-refractivity contribution in [2.75, 3.05) is 36.6 Å². The molecule has 1 aliphatic rings. The Morgan fingerprint density at radius 3 is 2.83 bits per heavy atom. The van der Waals surface area contributed by atoms with Gasteiger partial charge in [-0.2, -0.15) is 5.10 Å². The van der Waals surface area contributed by atoms with E-state index in [1.807, 2.05) is 6.07 Å². The number of hydrazone groups is 1. The molecule has 1 aromatic heterocycles. The monoisotopic (exact) mass is 332 g/mol. The molecule has 0 aliphatic carbocycles. The van der Waals surface area contributed by atoms with E-state index < -0.39 is 4.92 Å². The van der Waals surface area contributed by atoms with Gasteiger partial charge in [0.1, 0.15) is 5.69 Å². The SMILES string of the molecule is O=[N+]([O-])c1ccccc1N/N=C\c1ccc(N2CCOCC2)s1. The summed E-state index contributed by atoms with van der Waals surface area (Å²) in [6.45, 7) is 3.29. The highest BCUT2D eigenvalue weighted by Gasteiger charge is 2.13. The molecular formula is C15H16N4O3S. The fraction of sp³-hybridized carbons (Fsp3) is 0.267. The molecule has 0 bridgehead atoms. The Hall–Kier alpha value is -2.45. The Bertz CT molecular complexity index is 710. The maximum absolute atomic E-state index is 10.9. The highest BCUT2D eigenvalue weighted by Crippen LogP contribution is 2.26. The lowest BCUT2D eigenvalue weighted by atomic mass is 10.3. The second-order valence-electron chi connectivity index (χ2n) is 4.92. The van der Waals surface area contributed by atoms with Crippen LogP contribution in [0.1, 0.15) is 4.88 Å². The van der Waals surface area contributed by atoms with Crippen molar-refractivity contribution >= 4 is 33.9 Å². The summed E-state index contributed by atoms with van der Waals surface area (Å²) < 4.78 is 5.34. The second kappa shape index (κ2) is 7.21. The van der Waals surface area contributed by atoms with E-state index in [9.17, 15) is 10.1 Å². The fourth-order valence-electron chi connectivity index (χ4n) is 2.26. The third kappa shape index (κ3) is 3.85. The van der Waals surface area contributed by atoms with E-state index in [1.165, 1.54) is 11.1 Å². The third-order valence-corrected chi connectivity index (χ3v) is 4.49. The fourth-order valence-corrected chi connectivity index (χ4v) is 3.19. The summed E-state index contributed by atoms with van der Waals surface area (Å²) in [6, 6.07) is 10.5. The number of ether oxygens (including phenoxy) is 1. The minimum absolute atomic E-state index is 0.00448. The molecule has 0 saturated carbocycles. The number of hydrogen-bond donors (Lipinski definition) is 1. The van der Waals surface area contributed by atoms with E-state index in [4.69, 9.17) is 4.74 Å². The summed E-state index contributed by atoms with van der Waals surface area (Å²) in [5.74, 6) is 0. The number of nitrogens with zero attached hydrogens (tertiary/aromatic N) is 3. The first-order chi connectivity index (χ1) is 11.2. The van der Waals surface area contributed by atoms with Crippen molar-refractivity contribution in [3.63, 3.8) is 0 Å². The molecule has 0 unspecified atom stereocenters. The number of anilines is 2. The van der Waals surface area contributed by atoms with Gasteiger partial charge in [0.2, 0.25) is 0 Å². The predicted molar refractivity (Wildman–Crippen MR) is 91.7 cm³/mol. The van der Waals surface area contributed by atoms with Gasteiger partial charge in [-0.05, 0) is 18.2 Å². The Morgan fingerprint density at radius 2 is 2.04 bits per heavy atom. The van der Waals surface area contributed by atoms with Crippen molar-refractivity contribution in [3.05, 3.63) is 51.4 Å². The first-order valence-electron chi connectivity index (χ1n) is 7.19. The van der Waals surface area contributed by atoms with Crippen LogP contribution in [0, 0.1) is 10.1 Å². The molecule has 0 radical (unpaired) electrons. The maximum Gasteiger partial charge on any atom is 0.294 e. The molecule has 3 rings (SSSR count). The Kier molecular flexibility index (Phi) is 4.84. The largest absolute Gasteiger partial charge is 0.378 e. The molecule has 0 spiro atoms. The molecule has 8 heteroatoms. The zero-order chi connectivity index (χ0) is 16.1. The third-order valence-electron chi connectivity index (χ3n) is 3.41. The number of nitro groups is 1. The van der Waals surface area contributed by atoms with Crippen LogP contribution in [0.4, 0.5) is 16.4 Å². The molecule has 7 nitrogen and oxygen atoms in total. The standard InChI is InChI=1S/C15H16N4O3S/c20-19(21)14-4-2-1-3-13(14)17-16-11-12-5-6-15(23-12)18-7-9-22-10-8-18/h1-6,11,17H,7-10H2/b16-11-. The molecule has 1 fully saturated rings. The van der Waals surface area contributed by atoms with Crippen molar-refractivity contribution in [1.29, 1.82) is 0 Å². The summed E-state index contributed by atoms with van der Waals surface area (Å²) in [6.07, 6.45) is 1.67. The van der Waals surface area contributed by atoms with Gasteiger partial charge in [0, 0.05) is 24.0 Å². The van der Waals surface area contributed by atoms with Gasteiger partial charge in [0.25, 0.3) is 5.69 Å². The highest BCUT2D eigenvalue weighted by atomic mass is 32.1. The summed E-state index contributed by atoms with van der Waals surface area (Å²) in [5, 5.41) is 16.2. The Morgan fingerprint density at radius 1 is 1.26 bits per heavy atom. The van der Waals surface area contributed by atoms with Gasteiger partial charge in [0.05, 0.1) is 29.4 Å². The molecule has 0 atom stereocenters. The molecule has 2 heterocycles. The molecule has 1 aliphatic heterocycles.